The summed E-state index contributed by atoms with van der Waals surface area (Å²) >= 11 is 0. The van der Waals surface area contributed by atoms with Crippen molar-refractivity contribution in [2.75, 3.05) is 39.4 Å². The maximum atomic E-state index is 5.71. The van der Waals surface area contributed by atoms with Gasteiger partial charge in [-0.25, -0.2) is 0 Å². The molecule has 0 spiro atoms. The molecule has 0 radical (unpaired) electrons. The number of nitrogens with one attached hydrogen (secondary N) is 1. The monoisotopic (exact) mass is 426 g/mol. The average molecular weight is 427 g/mol. The van der Waals surface area contributed by atoms with Gasteiger partial charge in [-0.05, 0) is 42.9 Å². The molecule has 168 valence electrons. The third-order valence-corrected chi connectivity index (χ3v) is 6.00. The molecule has 1 aromatic carbocycles. The van der Waals surface area contributed by atoms with Crippen molar-refractivity contribution in [3.8, 4) is 11.5 Å². The van der Waals surface area contributed by atoms with Crippen LogP contribution in [0.3, 0.4) is 0 Å². The molecule has 0 unspecified atom stereocenters. The maximum Gasteiger partial charge on any atom is 0.193 e. The predicted molar refractivity (Wildman–Crippen MR) is 121 cm³/mol. The Hall–Kier alpha value is -2.77. The normalized spacial score (nSPS) is 17.1. The molecule has 8 nitrogen and oxygen atoms in total. The molecular formula is C23H34N6O2. The van der Waals surface area contributed by atoms with Crippen LogP contribution >= 0.6 is 0 Å². The first kappa shape index (κ1) is 21.5. The lowest BCUT2D eigenvalue weighted by Gasteiger charge is -2.33. The van der Waals surface area contributed by atoms with Crippen molar-refractivity contribution in [1.29, 1.82) is 0 Å². The fourth-order valence-electron chi connectivity index (χ4n) is 4.05. The van der Waals surface area contributed by atoms with Crippen LogP contribution in [0.5, 0.6) is 11.5 Å². The zero-order chi connectivity index (χ0) is 21.5. The van der Waals surface area contributed by atoms with Gasteiger partial charge in [0.2, 0.25) is 0 Å². The number of rotatable bonds is 7. The topological polar surface area (TPSA) is 76.8 Å². The summed E-state index contributed by atoms with van der Waals surface area (Å²) in [5, 5.41) is 11.8. The van der Waals surface area contributed by atoms with Gasteiger partial charge in [0.25, 0.3) is 0 Å². The fraction of sp³-hybridized carbons (Fsp3) is 0.609. The highest BCUT2D eigenvalue weighted by Gasteiger charge is 2.19. The quantitative estimate of drug-likeness (QED) is 0.542. The number of aromatic nitrogens is 3. The number of likely N-dealkylation sites (tertiary alicyclic amines) is 1. The standard InChI is InChI=1S/C23H34N6O2/c1-3-22-27-26-17-29(22)13-10-25-23(28-11-7-18(2)8-12-28)24-9-6-19-4-5-20-21(16-19)31-15-14-30-20/h4-5,16-18H,3,6-15H2,1-2H3,(H,24,25). The Bertz CT molecular complexity index is 873. The second-order valence-corrected chi connectivity index (χ2v) is 8.32. The average Bonchev–Trinajstić information content (AvgIpc) is 3.26. The van der Waals surface area contributed by atoms with E-state index in [9.17, 15) is 0 Å². The zero-order valence-electron chi connectivity index (χ0n) is 18.7. The van der Waals surface area contributed by atoms with E-state index < -0.39 is 0 Å². The van der Waals surface area contributed by atoms with Crippen molar-refractivity contribution < 1.29 is 9.47 Å². The first-order valence-electron chi connectivity index (χ1n) is 11.5. The Labute approximate surface area is 184 Å². The van der Waals surface area contributed by atoms with E-state index in [1.54, 1.807) is 0 Å². The van der Waals surface area contributed by atoms with E-state index in [-0.39, 0.29) is 0 Å². The summed E-state index contributed by atoms with van der Waals surface area (Å²) in [7, 11) is 0. The molecule has 3 heterocycles. The molecule has 0 bridgehead atoms. The first-order valence-corrected chi connectivity index (χ1v) is 11.5. The summed E-state index contributed by atoms with van der Waals surface area (Å²) in [6, 6.07) is 6.19. The fourth-order valence-corrected chi connectivity index (χ4v) is 4.05. The highest BCUT2D eigenvalue weighted by Crippen LogP contribution is 2.30. The van der Waals surface area contributed by atoms with Crippen molar-refractivity contribution in [1.82, 2.24) is 25.0 Å². The largest absolute Gasteiger partial charge is 0.486 e. The Kier molecular flexibility index (Phi) is 7.27. The third kappa shape index (κ3) is 5.68. The number of aryl methyl sites for hydroxylation is 1. The zero-order valence-corrected chi connectivity index (χ0v) is 18.7. The SMILES string of the molecule is CCc1nncn1CCNC(=NCCc1ccc2c(c1)OCCO2)N1CCC(C)CC1. The number of hydrogen-bond donors (Lipinski definition) is 1. The number of hydrogen-bond acceptors (Lipinski definition) is 5. The molecule has 1 aromatic heterocycles. The molecule has 1 N–H and O–H groups in total. The lowest BCUT2D eigenvalue weighted by Crippen LogP contribution is -2.46. The van der Waals surface area contributed by atoms with Crippen LogP contribution in [0.4, 0.5) is 0 Å². The predicted octanol–water partition coefficient (Wildman–Crippen LogP) is 2.53. The first-order chi connectivity index (χ1) is 15.2. The van der Waals surface area contributed by atoms with E-state index in [0.717, 1.165) is 74.8 Å². The Morgan fingerprint density at radius 2 is 2.00 bits per heavy atom. The van der Waals surface area contributed by atoms with Crippen LogP contribution in [-0.4, -0.2) is 65.0 Å². The smallest absolute Gasteiger partial charge is 0.193 e. The lowest BCUT2D eigenvalue weighted by molar-refractivity contribution is 0.171. The molecule has 31 heavy (non-hydrogen) atoms. The van der Waals surface area contributed by atoms with Gasteiger partial charge in [0, 0.05) is 39.1 Å². The minimum Gasteiger partial charge on any atom is -0.486 e. The van der Waals surface area contributed by atoms with Crippen LogP contribution in [0.15, 0.2) is 29.5 Å². The van der Waals surface area contributed by atoms with Gasteiger partial charge in [0.05, 0.1) is 0 Å². The van der Waals surface area contributed by atoms with Gasteiger partial charge in [-0.15, -0.1) is 10.2 Å². The summed E-state index contributed by atoms with van der Waals surface area (Å²) < 4.78 is 13.4. The van der Waals surface area contributed by atoms with Gasteiger partial charge >= 0.3 is 0 Å². The molecule has 0 saturated carbocycles. The lowest BCUT2D eigenvalue weighted by atomic mass is 10.00. The van der Waals surface area contributed by atoms with Crippen molar-refractivity contribution >= 4 is 5.96 Å². The molecule has 2 aliphatic heterocycles. The molecular weight excluding hydrogens is 392 g/mol. The number of fused-ring (bicyclic) bond motifs is 1. The molecule has 1 saturated heterocycles. The number of ether oxygens (including phenoxy) is 2. The van der Waals surface area contributed by atoms with Crippen LogP contribution in [0.25, 0.3) is 0 Å². The molecule has 8 heteroatoms. The van der Waals surface area contributed by atoms with Crippen LogP contribution in [0, 0.1) is 5.92 Å². The van der Waals surface area contributed by atoms with Crippen molar-refractivity contribution in [2.45, 2.75) is 46.1 Å². The van der Waals surface area contributed by atoms with Crippen LogP contribution in [-0.2, 0) is 19.4 Å². The maximum absolute atomic E-state index is 5.71. The molecule has 0 aliphatic carbocycles. The number of piperidine rings is 1. The van der Waals surface area contributed by atoms with Gasteiger partial charge in [0.15, 0.2) is 17.5 Å². The van der Waals surface area contributed by atoms with Gasteiger partial charge in [0.1, 0.15) is 25.4 Å². The minimum atomic E-state index is 0.613. The molecule has 0 amide bonds. The van der Waals surface area contributed by atoms with Crippen LogP contribution in [0.1, 0.15) is 38.1 Å². The van der Waals surface area contributed by atoms with Crippen molar-refractivity contribution in [3.63, 3.8) is 0 Å². The summed E-state index contributed by atoms with van der Waals surface area (Å²) in [5.41, 5.74) is 1.22. The van der Waals surface area contributed by atoms with E-state index in [2.05, 4.69) is 51.0 Å². The van der Waals surface area contributed by atoms with E-state index >= 15 is 0 Å². The molecule has 0 atom stereocenters. The second kappa shape index (κ2) is 10.5. The van der Waals surface area contributed by atoms with E-state index in [1.165, 1.54) is 18.4 Å². The van der Waals surface area contributed by atoms with E-state index in [0.29, 0.717) is 13.2 Å². The van der Waals surface area contributed by atoms with E-state index in [4.69, 9.17) is 14.5 Å². The number of guanidine groups is 1. The van der Waals surface area contributed by atoms with E-state index in [1.807, 2.05) is 12.4 Å². The number of aliphatic imine (C=N–C) groups is 1. The third-order valence-electron chi connectivity index (χ3n) is 6.00. The Balaban J connectivity index is 1.36. The highest BCUT2D eigenvalue weighted by atomic mass is 16.6. The second-order valence-electron chi connectivity index (χ2n) is 8.32. The molecule has 1 fully saturated rings. The summed E-state index contributed by atoms with van der Waals surface area (Å²) in [6.45, 7) is 10.2. The molecule has 2 aromatic rings. The Morgan fingerprint density at radius 1 is 1.19 bits per heavy atom. The number of nitrogens with zero attached hydrogens (tertiary/aromatic N) is 5. The number of benzene rings is 1. The van der Waals surface area contributed by atoms with Crippen LogP contribution in [0.2, 0.25) is 0 Å². The summed E-state index contributed by atoms with van der Waals surface area (Å²) in [5.74, 6) is 4.50. The van der Waals surface area contributed by atoms with Gasteiger partial charge in [-0.3, -0.25) is 4.99 Å². The van der Waals surface area contributed by atoms with Crippen molar-refractivity contribution in [3.05, 3.63) is 35.9 Å². The molecule has 4 rings (SSSR count). The molecule has 2 aliphatic rings. The van der Waals surface area contributed by atoms with Gasteiger partial charge in [-0.1, -0.05) is 19.9 Å². The highest BCUT2D eigenvalue weighted by molar-refractivity contribution is 5.80. The minimum absolute atomic E-state index is 0.613. The van der Waals surface area contributed by atoms with Gasteiger partial charge in [-0.2, -0.15) is 0 Å². The Morgan fingerprint density at radius 3 is 2.81 bits per heavy atom. The summed E-state index contributed by atoms with van der Waals surface area (Å²) in [6.07, 6.45) is 6.00. The van der Waals surface area contributed by atoms with Crippen LogP contribution < -0.4 is 14.8 Å². The van der Waals surface area contributed by atoms with Crippen molar-refractivity contribution in [2.24, 2.45) is 10.9 Å². The van der Waals surface area contributed by atoms with Gasteiger partial charge < -0.3 is 24.3 Å². The summed E-state index contributed by atoms with van der Waals surface area (Å²) in [4.78, 5) is 7.36.